The highest BCUT2D eigenvalue weighted by molar-refractivity contribution is 5.78. The molecule has 0 saturated carbocycles. The van der Waals surface area contributed by atoms with Crippen LogP contribution >= 0.6 is 0 Å². The van der Waals surface area contributed by atoms with Gasteiger partial charge in [-0.3, -0.25) is 10.1 Å². The Hall–Kier alpha value is -3.09. The van der Waals surface area contributed by atoms with Crippen LogP contribution < -0.4 is 14.2 Å². The molecule has 0 aliphatic carbocycles. The van der Waals surface area contributed by atoms with Crippen molar-refractivity contribution in [3.63, 3.8) is 0 Å². The number of esters is 1. The Kier molecular flexibility index (Phi) is 6.05. The van der Waals surface area contributed by atoms with Crippen molar-refractivity contribution in [2.24, 2.45) is 0 Å². The monoisotopic (exact) mass is 373 g/mol. The van der Waals surface area contributed by atoms with E-state index in [0.717, 1.165) is 5.56 Å². The molecule has 2 aromatic carbocycles. The molecule has 0 aromatic heterocycles. The van der Waals surface area contributed by atoms with Gasteiger partial charge in [-0.2, -0.15) is 0 Å². The number of methoxy groups -OCH3 is 1. The van der Waals surface area contributed by atoms with E-state index in [4.69, 9.17) is 14.2 Å². The molecular formula is C20H23NO6. The maximum absolute atomic E-state index is 12.3. The predicted octanol–water partition coefficient (Wildman–Crippen LogP) is 4.27. The van der Waals surface area contributed by atoms with Gasteiger partial charge in [0.2, 0.25) is 5.75 Å². The van der Waals surface area contributed by atoms with Crippen molar-refractivity contribution in [2.45, 2.75) is 39.2 Å². The van der Waals surface area contributed by atoms with Gasteiger partial charge in [-0.15, -0.1) is 0 Å². The van der Waals surface area contributed by atoms with Crippen LogP contribution in [0.1, 0.15) is 33.3 Å². The third-order valence-electron chi connectivity index (χ3n) is 3.94. The molecule has 0 bridgehead atoms. The predicted molar refractivity (Wildman–Crippen MR) is 101 cm³/mol. The maximum Gasteiger partial charge on any atom is 0.352 e. The molecule has 0 spiro atoms. The highest BCUT2D eigenvalue weighted by atomic mass is 16.6. The fourth-order valence-electron chi connectivity index (χ4n) is 2.33. The fraction of sp³-hybridized carbons (Fsp3) is 0.350. The first-order valence-electron chi connectivity index (χ1n) is 8.43. The van der Waals surface area contributed by atoms with Crippen molar-refractivity contribution >= 4 is 11.7 Å². The Morgan fingerprint density at radius 1 is 1.07 bits per heavy atom. The summed E-state index contributed by atoms with van der Waals surface area (Å²) in [6.07, 6.45) is -0.938. The van der Waals surface area contributed by atoms with E-state index in [-0.39, 0.29) is 16.9 Å². The zero-order valence-corrected chi connectivity index (χ0v) is 16.0. The van der Waals surface area contributed by atoms with Crippen molar-refractivity contribution in [2.75, 3.05) is 7.11 Å². The smallest absolute Gasteiger partial charge is 0.352 e. The van der Waals surface area contributed by atoms with Crippen LogP contribution in [0.2, 0.25) is 0 Å². The lowest BCUT2D eigenvalue weighted by Crippen LogP contribution is -2.28. The summed E-state index contributed by atoms with van der Waals surface area (Å²) in [5.74, 6) is -0.0890. The quantitative estimate of drug-likeness (QED) is 0.325. The van der Waals surface area contributed by atoms with Gasteiger partial charge in [0.25, 0.3) is 0 Å². The van der Waals surface area contributed by atoms with Gasteiger partial charge in [-0.05, 0) is 42.2 Å². The summed E-state index contributed by atoms with van der Waals surface area (Å²) in [4.78, 5) is 22.8. The third-order valence-corrected chi connectivity index (χ3v) is 3.94. The molecule has 7 nitrogen and oxygen atoms in total. The average molecular weight is 373 g/mol. The standard InChI is InChI=1S/C20H23NO6/c1-13(26-15-8-6-14(7-9-15)20(2,3)4)19(22)27-18-11-10-16(25-5)12-17(18)21(23)24/h6-13H,1-5H3. The molecular weight excluding hydrogens is 350 g/mol. The van der Waals surface area contributed by atoms with Gasteiger partial charge in [0, 0.05) is 0 Å². The van der Waals surface area contributed by atoms with Crippen LogP contribution in [-0.4, -0.2) is 24.1 Å². The van der Waals surface area contributed by atoms with Gasteiger partial charge >= 0.3 is 11.7 Å². The average Bonchev–Trinajstić information content (AvgIpc) is 2.61. The molecule has 7 heteroatoms. The summed E-state index contributed by atoms with van der Waals surface area (Å²) in [5.41, 5.74) is 0.791. The summed E-state index contributed by atoms with van der Waals surface area (Å²) in [5, 5.41) is 11.2. The minimum atomic E-state index is -0.938. The van der Waals surface area contributed by atoms with Crippen molar-refractivity contribution in [3.05, 3.63) is 58.1 Å². The van der Waals surface area contributed by atoms with E-state index in [1.807, 2.05) is 12.1 Å². The molecule has 1 unspecified atom stereocenters. The summed E-state index contributed by atoms with van der Waals surface area (Å²) in [6, 6.07) is 11.4. The molecule has 0 fully saturated rings. The molecule has 0 radical (unpaired) electrons. The van der Waals surface area contributed by atoms with E-state index in [9.17, 15) is 14.9 Å². The second-order valence-corrected chi connectivity index (χ2v) is 7.05. The van der Waals surface area contributed by atoms with Crippen LogP contribution in [0.4, 0.5) is 5.69 Å². The Balaban J connectivity index is 2.09. The zero-order valence-electron chi connectivity index (χ0n) is 16.0. The summed E-state index contributed by atoms with van der Waals surface area (Å²) >= 11 is 0. The number of carbonyl (C=O) groups is 1. The van der Waals surface area contributed by atoms with E-state index in [0.29, 0.717) is 11.5 Å². The third kappa shape index (κ3) is 5.20. The van der Waals surface area contributed by atoms with Crippen LogP contribution in [0, 0.1) is 10.1 Å². The lowest BCUT2D eigenvalue weighted by Gasteiger charge is -2.20. The molecule has 144 valence electrons. The molecule has 2 aromatic rings. The van der Waals surface area contributed by atoms with Crippen LogP contribution in [0.3, 0.4) is 0 Å². The van der Waals surface area contributed by atoms with E-state index in [2.05, 4.69) is 20.8 Å². The maximum atomic E-state index is 12.3. The molecule has 2 rings (SSSR count). The van der Waals surface area contributed by atoms with E-state index in [1.54, 1.807) is 12.1 Å². The van der Waals surface area contributed by atoms with Crippen LogP contribution in [0.5, 0.6) is 17.2 Å². The Morgan fingerprint density at radius 2 is 1.67 bits per heavy atom. The Morgan fingerprint density at radius 3 is 2.19 bits per heavy atom. The van der Waals surface area contributed by atoms with Crippen LogP contribution in [0.15, 0.2) is 42.5 Å². The number of carbonyl (C=O) groups excluding carboxylic acids is 1. The number of nitro benzene ring substituents is 1. The van der Waals surface area contributed by atoms with Crippen molar-refractivity contribution in [1.29, 1.82) is 0 Å². The van der Waals surface area contributed by atoms with Gasteiger partial charge in [-0.1, -0.05) is 32.9 Å². The number of hydrogen-bond donors (Lipinski definition) is 0. The first-order chi connectivity index (χ1) is 12.6. The van der Waals surface area contributed by atoms with E-state index < -0.39 is 17.0 Å². The normalized spacial score (nSPS) is 12.2. The fourth-order valence-corrected chi connectivity index (χ4v) is 2.33. The molecule has 0 aliphatic heterocycles. The van der Waals surface area contributed by atoms with Gasteiger partial charge in [-0.25, -0.2) is 4.79 Å². The van der Waals surface area contributed by atoms with Gasteiger partial charge in [0.1, 0.15) is 11.5 Å². The second kappa shape index (κ2) is 8.07. The molecule has 0 heterocycles. The summed E-state index contributed by atoms with van der Waals surface area (Å²) in [7, 11) is 1.39. The number of benzene rings is 2. The zero-order chi connectivity index (χ0) is 20.2. The van der Waals surface area contributed by atoms with Crippen molar-refractivity contribution in [3.8, 4) is 17.2 Å². The first-order valence-corrected chi connectivity index (χ1v) is 8.43. The largest absolute Gasteiger partial charge is 0.496 e. The minimum absolute atomic E-state index is 0.0103. The highest BCUT2D eigenvalue weighted by Crippen LogP contribution is 2.31. The minimum Gasteiger partial charge on any atom is -0.496 e. The number of rotatable bonds is 6. The van der Waals surface area contributed by atoms with Crippen molar-refractivity contribution in [1.82, 2.24) is 0 Å². The molecule has 1 atom stereocenters. The molecule has 0 N–H and O–H groups in total. The lowest BCUT2D eigenvalue weighted by molar-refractivity contribution is -0.385. The highest BCUT2D eigenvalue weighted by Gasteiger charge is 2.24. The van der Waals surface area contributed by atoms with E-state index in [1.165, 1.54) is 32.2 Å². The second-order valence-electron chi connectivity index (χ2n) is 7.05. The van der Waals surface area contributed by atoms with Crippen LogP contribution in [-0.2, 0) is 10.2 Å². The van der Waals surface area contributed by atoms with E-state index >= 15 is 0 Å². The van der Waals surface area contributed by atoms with Gasteiger partial charge in [0.05, 0.1) is 18.1 Å². The van der Waals surface area contributed by atoms with Crippen molar-refractivity contribution < 1.29 is 23.9 Å². The molecule has 0 amide bonds. The topological polar surface area (TPSA) is 87.9 Å². The number of ether oxygens (including phenoxy) is 3. The first kappa shape index (κ1) is 20.2. The van der Waals surface area contributed by atoms with Gasteiger partial charge < -0.3 is 14.2 Å². The summed E-state index contributed by atoms with van der Waals surface area (Å²) in [6.45, 7) is 7.83. The number of nitro groups is 1. The summed E-state index contributed by atoms with van der Waals surface area (Å²) < 4.78 is 15.7. The van der Waals surface area contributed by atoms with Crippen LogP contribution in [0.25, 0.3) is 0 Å². The number of nitrogens with zero attached hydrogens (tertiary/aromatic N) is 1. The number of hydrogen-bond acceptors (Lipinski definition) is 6. The Labute approximate surface area is 158 Å². The van der Waals surface area contributed by atoms with Gasteiger partial charge in [0.15, 0.2) is 6.10 Å². The SMILES string of the molecule is COc1ccc(OC(=O)C(C)Oc2ccc(C(C)(C)C)cc2)c([N+](=O)[O-])c1. The lowest BCUT2D eigenvalue weighted by atomic mass is 9.87. The Bertz CT molecular complexity index is 823. The molecule has 0 saturated heterocycles. The molecule has 27 heavy (non-hydrogen) atoms. The molecule has 0 aliphatic rings.